The predicted molar refractivity (Wildman–Crippen MR) is 72.1 cm³/mol. The van der Waals surface area contributed by atoms with E-state index in [2.05, 4.69) is 17.9 Å². The first-order chi connectivity index (χ1) is 8.85. The fraction of sp³-hybridized carbons (Fsp3) is 0.933. The molecule has 3 unspecified atom stereocenters. The molecule has 3 nitrogen and oxygen atoms in total. The summed E-state index contributed by atoms with van der Waals surface area (Å²) in [6.45, 7) is 6.13. The normalized spacial score (nSPS) is 34.8. The van der Waals surface area contributed by atoms with Gasteiger partial charge in [0, 0.05) is 25.7 Å². The fourth-order valence-electron chi connectivity index (χ4n) is 3.55. The van der Waals surface area contributed by atoms with Gasteiger partial charge in [-0.25, -0.2) is 0 Å². The molecule has 102 valence electrons. The highest BCUT2D eigenvalue weighted by atomic mass is 16.5. The molecule has 0 N–H and O–H groups in total. The van der Waals surface area contributed by atoms with Crippen LogP contribution in [-0.2, 0) is 4.74 Å². The quantitative estimate of drug-likeness (QED) is 0.773. The van der Waals surface area contributed by atoms with Crippen molar-refractivity contribution < 1.29 is 4.74 Å². The van der Waals surface area contributed by atoms with Crippen molar-refractivity contribution in [2.45, 2.75) is 51.5 Å². The Morgan fingerprint density at radius 3 is 2.94 bits per heavy atom. The Bertz CT molecular complexity index is 279. The van der Waals surface area contributed by atoms with Crippen molar-refractivity contribution in [1.29, 1.82) is 5.26 Å². The molecule has 1 aliphatic heterocycles. The first-order valence-corrected chi connectivity index (χ1v) is 7.56. The maximum absolute atomic E-state index is 9.37. The van der Waals surface area contributed by atoms with Crippen molar-refractivity contribution in [3.05, 3.63) is 0 Å². The minimum atomic E-state index is 0.246. The zero-order chi connectivity index (χ0) is 12.8. The number of hydrogen-bond acceptors (Lipinski definition) is 3. The van der Waals surface area contributed by atoms with Crippen molar-refractivity contribution in [1.82, 2.24) is 4.90 Å². The number of nitriles is 1. The van der Waals surface area contributed by atoms with Gasteiger partial charge in [0.15, 0.2) is 0 Å². The smallest absolute Gasteiger partial charge is 0.0672 e. The lowest BCUT2D eigenvalue weighted by Gasteiger charge is -2.39. The van der Waals surface area contributed by atoms with Gasteiger partial charge in [-0.05, 0) is 31.6 Å². The van der Waals surface area contributed by atoms with Crippen LogP contribution in [0.2, 0.25) is 0 Å². The van der Waals surface area contributed by atoms with E-state index in [1.54, 1.807) is 0 Å². The lowest BCUT2D eigenvalue weighted by atomic mass is 9.76. The summed E-state index contributed by atoms with van der Waals surface area (Å²) in [5.74, 6) is 1.09. The topological polar surface area (TPSA) is 36.3 Å². The van der Waals surface area contributed by atoms with Crippen LogP contribution in [0.5, 0.6) is 0 Å². The van der Waals surface area contributed by atoms with Gasteiger partial charge in [0.1, 0.15) is 0 Å². The largest absolute Gasteiger partial charge is 0.380 e. The molecule has 1 saturated heterocycles. The van der Waals surface area contributed by atoms with E-state index in [0.29, 0.717) is 6.04 Å². The molecule has 1 heterocycles. The molecule has 0 spiro atoms. The molecule has 0 bridgehead atoms. The second kappa shape index (κ2) is 7.11. The number of rotatable bonds is 3. The minimum Gasteiger partial charge on any atom is -0.380 e. The molecule has 2 aliphatic rings. The third-order valence-corrected chi connectivity index (χ3v) is 4.51. The summed E-state index contributed by atoms with van der Waals surface area (Å²) in [6.07, 6.45) is 7.31. The molecule has 2 fully saturated rings. The Kier molecular flexibility index (Phi) is 5.46. The highest BCUT2D eigenvalue weighted by Crippen LogP contribution is 2.34. The monoisotopic (exact) mass is 250 g/mol. The van der Waals surface area contributed by atoms with Crippen molar-refractivity contribution in [2.75, 3.05) is 26.3 Å². The summed E-state index contributed by atoms with van der Waals surface area (Å²) in [5, 5.41) is 9.37. The Balaban J connectivity index is 1.98. The fourth-order valence-corrected chi connectivity index (χ4v) is 3.55. The van der Waals surface area contributed by atoms with Crippen LogP contribution in [0, 0.1) is 23.2 Å². The maximum Gasteiger partial charge on any atom is 0.0672 e. The van der Waals surface area contributed by atoms with Crippen LogP contribution in [0.4, 0.5) is 0 Å². The van der Waals surface area contributed by atoms with Gasteiger partial charge in [-0.3, -0.25) is 4.90 Å². The molecular formula is C15H26N2O. The van der Waals surface area contributed by atoms with E-state index in [4.69, 9.17) is 4.74 Å². The predicted octanol–water partition coefficient (Wildman–Crippen LogP) is 2.82. The van der Waals surface area contributed by atoms with E-state index < -0.39 is 0 Å². The molecule has 0 aromatic rings. The number of hydrogen-bond donors (Lipinski definition) is 0. The van der Waals surface area contributed by atoms with E-state index in [9.17, 15) is 5.26 Å². The standard InChI is InChI=1S/C15H26N2O/c1-2-4-13-5-6-14(12-16)15(11-13)17-7-3-9-18-10-8-17/h13-15H,2-11H2,1H3. The van der Waals surface area contributed by atoms with Crippen LogP contribution in [0.3, 0.4) is 0 Å². The molecule has 2 rings (SSSR count). The Morgan fingerprint density at radius 1 is 1.28 bits per heavy atom. The van der Waals surface area contributed by atoms with Crippen molar-refractivity contribution in [3.63, 3.8) is 0 Å². The summed E-state index contributed by atoms with van der Waals surface area (Å²) >= 11 is 0. The van der Waals surface area contributed by atoms with E-state index in [-0.39, 0.29) is 5.92 Å². The Morgan fingerprint density at radius 2 is 2.17 bits per heavy atom. The third-order valence-electron chi connectivity index (χ3n) is 4.51. The molecule has 18 heavy (non-hydrogen) atoms. The van der Waals surface area contributed by atoms with E-state index in [1.807, 2.05) is 0 Å². The van der Waals surface area contributed by atoms with Gasteiger partial charge >= 0.3 is 0 Å². The molecule has 3 heteroatoms. The number of ether oxygens (including phenoxy) is 1. The third kappa shape index (κ3) is 3.46. The van der Waals surface area contributed by atoms with Crippen LogP contribution < -0.4 is 0 Å². The van der Waals surface area contributed by atoms with Crippen LogP contribution in [0.15, 0.2) is 0 Å². The molecule has 1 aliphatic carbocycles. The van der Waals surface area contributed by atoms with Gasteiger partial charge in [-0.1, -0.05) is 19.8 Å². The lowest BCUT2D eigenvalue weighted by molar-refractivity contribution is 0.0876. The molecular weight excluding hydrogens is 224 g/mol. The van der Waals surface area contributed by atoms with E-state index >= 15 is 0 Å². The molecule has 3 atom stereocenters. The molecule has 0 aromatic heterocycles. The second-order valence-electron chi connectivity index (χ2n) is 5.77. The molecule has 0 aromatic carbocycles. The van der Waals surface area contributed by atoms with Gasteiger partial charge in [0.2, 0.25) is 0 Å². The van der Waals surface area contributed by atoms with E-state index in [0.717, 1.165) is 45.1 Å². The maximum atomic E-state index is 9.37. The molecule has 0 radical (unpaired) electrons. The number of nitrogens with zero attached hydrogens (tertiary/aromatic N) is 2. The van der Waals surface area contributed by atoms with Gasteiger partial charge in [0.05, 0.1) is 18.6 Å². The molecule has 1 saturated carbocycles. The Hall–Kier alpha value is -0.590. The van der Waals surface area contributed by atoms with Gasteiger partial charge in [0.25, 0.3) is 0 Å². The van der Waals surface area contributed by atoms with Crippen LogP contribution >= 0.6 is 0 Å². The van der Waals surface area contributed by atoms with Crippen molar-refractivity contribution >= 4 is 0 Å². The van der Waals surface area contributed by atoms with Crippen LogP contribution in [-0.4, -0.2) is 37.2 Å². The van der Waals surface area contributed by atoms with Crippen molar-refractivity contribution in [2.24, 2.45) is 11.8 Å². The SMILES string of the molecule is CCCC1CCC(C#N)C(N2CCCOCC2)C1. The van der Waals surface area contributed by atoms with Gasteiger partial charge < -0.3 is 4.74 Å². The van der Waals surface area contributed by atoms with Gasteiger partial charge in [-0.2, -0.15) is 5.26 Å². The van der Waals surface area contributed by atoms with Crippen LogP contribution in [0.1, 0.15) is 45.4 Å². The van der Waals surface area contributed by atoms with E-state index in [1.165, 1.54) is 25.7 Å². The summed E-state index contributed by atoms with van der Waals surface area (Å²) in [7, 11) is 0. The van der Waals surface area contributed by atoms with Crippen molar-refractivity contribution in [3.8, 4) is 6.07 Å². The first-order valence-electron chi connectivity index (χ1n) is 7.56. The van der Waals surface area contributed by atoms with Gasteiger partial charge in [-0.15, -0.1) is 0 Å². The zero-order valence-electron chi connectivity index (χ0n) is 11.6. The van der Waals surface area contributed by atoms with Crippen LogP contribution in [0.25, 0.3) is 0 Å². The summed E-state index contributed by atoms with van der Waals surface area (Å²) in [5.41, 5.74) is 0. The minimum absolute atomic E-state index is 0.246. The Labute approximate surface area is 111 Å². The average Bonchev–Trinajstić information content (AvgIpc) is 2.68. The average molecular weight is 250 g/mol. The summed E-state index contributed by atoms with van der Waals surface area (Å²) in [4.78, 5) is 2.53. The summed E-state index contributed by atoms with van der Waals surface area (Å²) in [6, 6.07) is 3.04. The highest BCUT2D eigenvalue weighted by molar-refractivity contribution is 4.97. The first kappa shape index (κ1) is 13.8. The lowest BCUT2D eigenvalue weighted by Crippen LogP contribution is -2.45. The zero-order valence-corrected chi connectivity index (χ0v) is 11.6. The second-order valence-corrected chi connectivity index (χ2v) is 5.77. The summed E-state index contributed by atoms with van der Waals surface area (Å²) < 4.78 is 5.53. The highest BCUT2D eigenvalue weighted by Gasteiger charge is 2.34. The molecule has 0 amide bonds.